The highest BCUT2D eigenvalue weighted by Gasteiger charge is 2.07. The number of anilines is 1. The molecule has 0 saturated carbocycles. The van der Waals surface area contributed by atoms with Crippen LogP contribution in [0, 0.1) is 17.1 Å². The van der Waals surface area contributed by atoms with Crippen LogP contribution in [0.15, 0.2) is 36.4 Å². The van der Waals surface area contributed by atoms with Crippen molar-refractivity contribution in [2.24, 2.45) is 0 Å². The number of hydrogen-bond acceptors (Lipinski definition) is 3. The van der Waals surface area contributed by atoms with Gasteiger partial charge in [0.05, 0.1) is 23.4 Å². The summed E-state index contributed by atoms with van der Waals surface area (Å²) in [4.78, 5) is 0. The van der Waals surface area contributed by atoms with Gasteiger partial charge in [-0.25, -0.2) is 4.39 Å². The SMILES string of the molecule is COc1cc(CNc2cccc(Cl)c2F)ccc1C#N. The third-order valence-corrected chi connectivity index (χ3v) is 3.11. The Morgan fingerprint density at radius 3 is 2.85 bits per heavy atom. The number of nitrogens with zero attached hydrogens (tertiary/aromatic N) is 1. The molecule has 0 aliphatic rings. The average Bonchev–Trinajstić information content (AvgIpc) is 2.48. The third-order valence-electron chi connectivity index (χ3n) is 2.82. The lowest BCUT2D eigenvalue weighted by Gasteiger charge is -2.10. The van der Waals surface area contributed by atoms with Crippen LogP contribution in [-0.2, 0) is 6.54 Å². The Hall–Kier alpha value is -2.25. The van der Waals surface area contributed by atoms with Gasteiger partial charge in [-0.2, -0.15) is 5.26 Å². The lowest BCUT2D eigenvalue weighted by molar-refractivity contribution is 0.413. The standard InChI is InChI=1S/C15H12ClFN2O/c1-20-14-7-10(5-6-11(14)8-18)9-19-13-4-2-3-12(16)15(13)17/h2-7,19H,9H2,1H3. The minimum atomic E-state index is -0.477. The second kappa shape index (κ2) is 6.27. The van der Waals surface area contributed by atoms with Crippen molar-refractivity contribution in [1.29, 1.82) is 5.26 Å². The van der Waals surface area contributed by atoms with Gasteiger partial charge >= 0.3 is 0 Å². The molecule has 0 bridgehead atoms. The van der Waals surface area contributed by atoms with E-state index in [0.717, 1.165) is 5.56 Å². The summed E-state index contributed by atoms with van der Waals surface area (Å²) in [5.74, 6) is 0.0214. The highest BCUT2D eigenvalue weighted by molar-refractivity contribution is 6.31. The molecule has 0 unspecified atom stereocenters. The summed E-state index contributed by atoms with van der Waals surface area (Å²) < 4.78 is 18.8. The molecule has 0 radical (unpaired) electrons. The van der Waals surface area contributed by atoms with E-state index in [0.29, 0.717) is 23.5 Å². The Morgan fingerprint density at radius 1 is 1.35 bits per heavy atom. The monoisotopic (exact) mass is 290 g/mol. The first-order chi connectivity index (χ1) is 9.65. The van der Waals surface area contributed by atoms with E-state index in [1.54, 1.807) is 30.3 Å². The molecule has 0 heterocycles. The zero-order valence-electron chi connectivity index (χ0n) is 10.8. The van der Waals surface area contributed by atoms with Gasteiger partial charge in [-0.3, -0.25) is 0 Å². The number of nitriles is 1. The van der Waals surface area contributed by atoms with E-state index in [9.17, 15) is 4.39 Å². The second-order valence-electron chi connectivity index (χ2n) is 4.10. The average molecular weight is 291 g/mol. The normalized spacial score (nSPS) is 9.90. The van der Waals surface area contributed by atoms with Gasteiger partial charge in [-0.15, -0.1) is 0 Å². The van der Waals surface area contributed by atoms with Crippen molar-refractivity contribution in [2.75, 3.05) is 12.4 Å². The molecule has 0 aliphatic carbocycles. The fourth-order valence-electron chi connectivity index (χ4n) is 1.78. The van der Waals surface area contributed by atoms with Crippen molar-refractivity contribution in [1.82, 2.24) is 0 Å². The van der Waals surface area contributed by atoms with Crippen molar-refractivity contribution < 1.29 is 9.13 Å². The summed E-state index contributed by atoms with van der Waals surface area (Å²) in [5, 5.41) is 11.9. The van der Waals surface area contributed by atoms with Gasteiger partial charge < -0.3 is 10.1 Å². The summed E-state index contributed by atoms with van der Waals surface area (Å²) in [5.41, 5.74) is 1.67. The summed E-state index contributed by atoms with van der Waals surface area (Å²) >= 11 is 5.71. The van der Waals surface area contributed by atoms with E-state index in [4.69, 9.17) is 21.6 Å². The topological polar surface area (TPSA) is 45.0 Å². The van der Waals surface area contributed by atoms with Crippen molar-refractivity contribution in [2.45, 2.75) is 6.54 Å². The number of ether oxygens (including phenoxy) is 1. The van der Waals surface area contributed by atoms with Gasteiger partial charge in [-0.1, -0.05) is 23.7 Å². The number of methoxy groups -OCH3 is 1. The van der Waals surface area contributed by atoms with Crippen LogP contribution in [0.3, 0.4) is 0 Å². The molecule has 3 nitrogen and oxygen atoms in total. The molecule has 5 heteroatoms. The van der Waals surface area contributed by atoms with Crippen LogP contribution in [0.25, 0.3) is 0 Å². The highest BCUT2D eigenvalue weighted by atomic mass is 35.5. The Labute approximate surface area is 121 Å². The van der Waals surface area contributed by atoms with Crippen LogP contribution in [0.5, 0.6) is 5.75 Å². The molecule has 2 aromatic rings. The Morgan fingerprint density at radius 2 is 2.15 bits per heavy atom. The molecule has 0 fully saturated rings. The van der Waals surface area contributed by atoms with Crippen molar-refractivity contribution in [3.63, 3.8) is 0 Å². The summed E-state index contributed by atoms with van der Waals surface area (Å²) in [7, 11) is 1.50. The largest absolute Gasteiger partial charge is 0.495 e. The minimum Gasteiger partial charge on any atom is -0.495 e. The van der Waals surface area contributed by atoms with E-state index in [1.165, 1.54) is 13.2 Å². The summed E-state index contributed by atoms with van der Waals surface area (Å²) in [6, 6.07) is 12.0. The molecular weight excluding hydrogens is 279 g/mol. The first kappa shape index (κ1) is 14.2. The fraction of sp³-hybridized carbons (Fsp3) is 0.133. The zero-order valence-corrected chi connectivity index (χ0v) is 11.5. The van der Waals surface area contributed by atoms with Crippen molar-refractivity contribution in [3.8, 4) is 11.8 Å². The number of nitrogens with one attached hydrogen (secondary N) is 1. The Bertz CT molecular complexity index is 667. The maximum absolute atomic E-state index is 13.7. The first-order valence-corrected chi connectivity index (χ1v) is 6.28. The van der Waals surface area contributed by atoms with E-state index >= 15 is 0 Å². The molecular formula is C15H12ClFN2O. The highest BCUT2D eigenvalue weighted by Crippen LogP contribution is 2.24. The van der Waals surface area contributed by atoms with Gasteiger partial charge in [0.1, 0.15) is 11.8 Å². The number of halogens is 2. The number of hydrogen-bond donors (Lipinski definition) is 1. The third kappa shape index (κ3) is 3.01. The predicted octanol–water partition coefficient (Wildman–Crippen LogP) is 3.97. The second-order valence-corrected chi connectivity index (χ2v) is 4.51. The number of benzene rings is 2. The van der Waals surface area contributed by atoms with Gasteiger partial charge in [0.15, 0.2) is 5.82 Å². The molecule has 0 spiro atoms. The minimum absolute atomic E-state index is 0.0763. The lowest BCUT2D eigenvalue weighted by Crippen LogP contribution is -2.02. The quantitative estimate of drug-likeness (QED) is 0.926. The maximum atomic E-state index is 13.7. The molecule has 0 aliphatic heterocycles. The molecule has 1 N–H and O–H groups in total. The molecule has 2 rings (SSSR count). The fourth-order valence-corrected chi connectivity index (χ4v) is 1.95. The molecule has 20 heavy (non-hydrogen) atoms. The summed E-state index contributed by atoms with van der Waals surface area (Å²) in [6.07, 6.45) is 0. The maximum Gasteiger partial charge on any atom is 0.164 e. The van der Waals surface area contributed by atoms with Crippen LogP contribution in [-0.4, -0.2) is 7.11 Å². The van der Waals surface area contributed by atoms with Gasteiger partial charge in [0.2, 0.25) is 0 Å². The van der Waals surface area contributed by atoms with Gasteiger partial charge in [0.25, 0.3) is 0 Å². The molecule has 102 valence electrons. The summed E-state index contributed by atoms with van der Waals surface area (Å²) in [6.45, 7) is 0.402. The van der Waals surface area contributed by atoms with Crippen molar-refractivity contribution >= 4 is 17.3 Å². The Kier molecular flexibility index (Phi) is 4.44. The first-order valence-electron chi connectivity index (χ1n) is 5.90. The smallest absolute Gasteiger partial charge is 0.164 e. The molecule has 0 saturated heterocycles. The molecule has 0 aromatic heterocycles. The van der Waals surface area contributed by atoms with E-state index in [-0.39, 0.29) is 5.02 Å². The van der Waals surface area contributed by atoms with Gasteiger partial charge in [-0.05, 0) is 29.8 Å². The van der Waals surface area contributed by atoms with Crippen molar-refractivity contribution in [3.05, 3.63) is 58.4 Å². The van der Waals surface area contributed by atoms with Crippen LogP contribution in [0.1, 0.15) is 11.1 Å². The van der Waals surface area contributed by atoms with Crippen LogP contribution in [0.2, 0.25) is 5.02 Å². The van der Waals surface area contributed by atoms with Crippen LogP contribution >= 0.6 is 11.6 Å². The number of rotatable bonds is 4. The van der Waals surface area contributed by atoms with E-state index in [1.807, 2.05) is 6.07 Å². The van der Waals surface area contributed by atoms with E-state index in [2.05, 4.69) is 5.32 Å². The van der Waals surface area contributed by atoms with E-state index < -0.39 is 5.82 Å². The molecule has 0 amide bonds. The molecule has 0 atom stereocenters. The van der Waals surface area contributed by atoms with Crippen LogP contribution in [0.4, 0.5) is 10.1 Å². The lowest BCUT2D eigenvalue weighted by atomic mass is 10.1. The predicted molar refractivity (Wildman–Crippen MR) is 76.4 cm³/mol. The van der Waals surface area contributed by atoms with Gasteiger partial charge in [0, 0.05) is 6.54 Å². The Balaban J connectivity index is 2.15. The zero-order chi connectivity index (χ0) is 14.5. The van der Waals surface area contributed by atoms with Crippen LogP contribution < -0.4 is 10.1 Å². The molecule has 2 aromatic carbocycles.